The minimum absolute atomic E-state index is 0.0151. The number of carbonyl (C=O) groups is 1. The van der Waals surface area contributed by atoms with Crippen LogP contribution in [0.4, 0.5) is 0 Å². The molecular weight excluding hydrogens is 314 g/mol. The smallest absolute Gasteiger partial charge is 0.242 e. The zero-order valence-electron chi connectivity index (χ0n) is 14.6. The van der Waals surface area contributed by atoms with E-state index in [1.54, 1.807) is 6.33 Å². The van der Waals surface area contributed by atoms with Gasteiger partial charge in [-0.2, -0.15) is 0 Å². The molecule has 1 heterocycles. The Balaban J connectivity index is 1.46. The van der Waals surface area contributed by atoms with Crippen LogP contribution in [0.5, 0.6) is 5.75 Å². The maximum Gasteiger partial charge on any atom is 0.242 e. The first-order valence-corrected chi connectivity index (χ1v) is 8.54. The number of para-hydroxylation sites is 2. The molecule has 0 unspecified atom stereocenters. The molecule has 0 aliphatic carbocycles. The Morgan fingerprint density at radius 1 is 1.24 bits per heavy atom. The lowest BCUT2D eigenvalue weighted by Gasteiger charge is -2.14. The molecule has 1 atom stereocenters. The van der Waals surface area contributed by atoms with Crippen LogP contribution in [0.3, 0.4) is 0 Å². The summed E-state index contributed by atoms with van der Waals surface area (Å²) in [6.45, 7) is 5.08. The summed E-state index contributed by atoms with van der Waals surface area (Å²) < 4.78 is 7.59. The van der Waals surface area contributed by atoms with Gasteiger partial charge in [0.25, 0.3) is 0 Å². The number of carbonyl (C=O) groups excluding carboxylic acids is 1. The highest BCUT2D eigenvalue weighted by Crippen LogP contribution is 2.17. The number of aromatic nitrogens is 2. The Kier molecular flexibility index (Phi) is 5.33. The van der Waals surface area contributed by atoms with Crippen LogP contribution in [0, 0.1) is 6.92 Å². The highest BCUT2D eigenvalue weighted by atomic mass is 16.5. The number of hydrogen-bond donors (Lipinski definition) is 1. The van der Waals surface area contributed by atoms with E-state index in [4.69, 9.17) is 4.74 Å². The zero-order chi connectivity index (χ0) is 17.6. The van der Waals surface area contributed by atoms with E-state index in [1.807, 2.05) is 66.9 Å². The highest BCUT2D eigenvalue weighted by Gasteiger charge is 2.16. The maximum atomic E-state index is 12.4. The van der Waals surface area contributed by atoms with Crippen molar-refractivity contribution in [2.75, 3.05) is 13.2 Å². The maximum absolute atomic E-state index is 12.4. The van der Waals surface area contributed by atoms with E-state index in [-0.39, 0.29) is 11.9 Å². The van der Waals surface area contributed by atoms with Crippen molar-refractivity contribution in [3.63, 3.8) is 0 Å². The van der Waals surface area contributed by atoms with Crippen LogP contribution in [0.1, 0.15) is 24.9 Å². The van der Waals surface area contributed by atoms with Gasteiger partial charge in [0.05, 0.1) is 24.0 Å². The fraction of sp³-hybridized carbons (Fsp3) is 0.300. The van der Waals surface area contributed by atoms with Gasteiger partial charge in [-0.3, -0.25) is 4.79 Å². The zero-order valence-corrected chi connectivity index (χ0v) is 14.6. The van der Waals surface area contributed by atoms with Gasteiger partial charge in [0.15, 0.2) is 0 Å². The van der Waals surface area contributed by atoms with Crippen molar-refractivity contribution in [1.82, 2.24) is 14.9 Å². The largest absolute Gasteiger partial charge is 0.494 e. The average Bonchev–Trinajstić information content (AvgIpc) is 3.05. The van der Waals surface area contributed by atoms with Crippen molar-refractivity contribution < 1.29 is 9.53 Å². The molecular formula is C20H23N3O2. The van der Waals surface area contributed by atoms with Crippen LogP contribution in [-0.2, 0) is 4.79 Å². The van der Waals surface area contributed by atoms with E-state index in [0.717, 1.165) is 23.2 Å². The molecule has 5 heteroatoms. The van der Waals surface area contributed by atoms with Gasteiger partial charge in [-0.25, -0.2) is 4.98 Å². The van der Waals surface area contributed by atoms with E-state index in [2.05, 4.69) is 10.3 Å². The van der Waals surface area contributed by atoms with Crippen molar-refractivity contribution in [1.29, 1.82) is 0 Å². The molecule has 25 heavy (non-hydrogen) atoms. The van der Waals surface area contributed by atoms with E-state index >= 15 is 0 Å². The van der Waals surface area contributed by atoms with Gasteiger partial charge in [-0.1, -0.05) is 24.3 Å². The normalized spacial score (nSPS) is 12.1. The molecule has 0 bridgehead atoms. The minimum atomic E-state index is -0.301. The van der Waals surface area contributed by atoms with Gasteiger partial charge in [0, 0.05) is 6.54 Å². The summed E-state index contributed by atoms with van der Waals surface area (Å²) in [5.41, 5.74) is 3.04. The third-order valence-electron chi connectivity index (χ3n) is 4.16. The van der Waals surface area contributed by atoms with Crippen LogP contribution < -0.4 is 10.1 Å². The molecule has 0 aliphatic rings. The standard InChI is InChI=1S/C20H23N3O2/c1-15-7-5-8-17(13-15)25-12-6-11-21-20(24)16(2)23-14-22-18-9-3-4-10-19(18)23/h3-5,7-10,13-14,16H,6,11-12H2,1-2H3,(H,21,24)/t16-/m1/s1. The van der Waals surface area contributed by atoms with Gasteiger partial charge >= 0.3 is 0 Å². The molecule has 0 fully saturated rings. The van der Waals surface area contributed by atoms with Crippen LogP contribution in [0.15, 0.2) is 54.9 Å². The average molecular weight is 337 g/mol. The molecule has 3 aromatic rings. The predicted molar refractivity (Wildman–Crippen MR) is 98.7 cm³/mol. The number of ether oxygens (including phenoxy) is 1. The molecule has 0 saturated heterocycles. The van der Waals surface area contributed by atoms with Crippen LogP contribution in [-0.4, -0.2) is 28.6 Å². The Morgan fingerprint density at radius 3 is 2.92 bits per heavy atom. The SMILES string of the molecule is Cc1cccc(OCCCNC(=O)[C@@H](C)n2cnc3ccccc32)c1. The summed E-state index contributed by atoms with van der Waals surface area (Å²) in [7, 11) is 0. The lowest BCUT2D eigenvalue weighted by molar-refractivity contribution is -0.123. The van der Waals surface area contributed by atoms with E-state index in [9.17, 15) is 4.79 Å². The van der Waals surface area contributed by atoms with Crippen LogP contribution in [0.2, 0.25) is 0 Å². The molecule has 0 aliphatic heterocycles. The summed E-state index contributed by atoms with van der Waals surface area (Å²) in [5.74, 6) is 0.850. The number of hydrogen-bond acceptors (Lipinski definition) is 3. The third kappa shape index (κ3) is 4.18. The van der Waals surface area contributed by atoms with Crippen molar-refractivity contribution in [2.24, 2.45) is 0 Å². The molecule has 1 aromatic heterocycles. The second-order valence-corrected chi connectivity index (χ2v) is 6.13. The van der Waals surface area contributed by atoms with E-state index < -0.39 is 0 Å². The van der Waals surface area contributed by atoms with Crippen LogP contribution in [0.25, 0.3) is 11.0 Å². The number of rotatable bonds is 7. The lowest BCUT2D eigenvalue weighted by atomic mass is 10.2. The van der Waals surface area contributed by atoms with Crippen molar-refractivity contribution >= 4 is 16.9 Å². The monoisotopic (exact) mass is 337 g/mol. The summed E-state index contributed by atoms with van der Waals surface area (Å²) in [5, 5.41) is 2.97. The first kappa shape index (κ1) is 17.0. The van der Waals surface area contributed by atoms with Gasteiger partial charge < -0.3 is 14.6 Å². The topological polar surface area (TPSA) is 56.1 Å². The fourth-order valence-electron chi connectivity index (χ4n) is 2.74. The first-order chi connectivity index (χ1) is 12.1. The summed E-state index contributed by atoms with van der Waals surface area (Å²) in [6.07, 6.45) is 2.48. The molecule has 0 saturated carbocycles. The number of imidazole rings is 1. The van der Waals surface area contributed by atoms with E-state index in [1.165, 1.54) is 5.56 Å². The number of aryl methyl sites for hydroxylation is 1. The molecule has 2 aromatic carbocycles. The summed E-state index contributed by atoms with van der Waals surface area (Å²) in [4.78, 5) is 16.7. The Bertz CT molecular complexity index is 857. The Morgan fingerprint density at radius 2 is 2.08 bits per heavy atom. The summed E-state index contributed by atoms with van der Waals surface area (Å²) in [6, 6.07) is 15.5. The van der Waals surface area contributed by atoms with Crippen molar-refractivity contribution in [3.05, 3.63) is 60.4 Å². The van der Waals surface area contributed by atoms with Gasteiger partial charge in [0.2, 0.25) is 5.91 Å². The van der Waals surface area contributed by atoms with Gasteiger partial charge in [0.1, 0.15) is 11.8 Å². The second-order valence-electron chi connectivity index (χ2n) is 6.13. The quantitative estimate of drug-likeness (QED) is 0.672. The van der Waals surface area contributed by atoms with Crippen molar-refractivity contribution in [3.8, 4) is 5.75 Å². The lowest BCUT2D eigenvalue weighted by Crippen LogP contribution is -2.32. The molecule has 3 rings (SSSR count). The number of nitrogens with one attached hydrogen (secondary N) is 1. The Labute approximate surface area is 147 Å². The molecule has 130 valence electrons. The Hall–Kier alpha value is -2.82. The molecule has 1 amide bonds. The van der Waals surface area contributed by atoms with Crippen LogP contribution >= 0.6 is 0 Å². The number of nitrogens with zero attached hydrogens (tertiary/aromatic N) is 2. The van der Waals surface area contributed by atoms with Gasteiger partial charge in [-0.05, 0) is 50.1 Å². The third-order valence-corrected chi connectivity index (χ3v) is 4.16. The molecule has 1 N–H and O–H groups in total. The number of benzene rings is 2. The molecule has 0 radical (unpaired) electrons. The highest BCUT2D eigenvalue weighted by molar-refractivity contribution is 5.83. The summed E-state index contributed by atoms with van der Waals surface area (Å²) >= 11 is 0. The van der Waals surface area contributed by atoms with Crippen molar-refractivity contribution in [2.45, 2.75) is 26.3 Å². The molecule has 0 spiro atoms. The fourth-order valence-corrected chi connectivity index (χ4v) is 2.74. The number of fused-ring (bicyclic) bond motifs is 1. The minimum Gasteiger partial charge on any atom is -0.494 e. The predicted octanol–water partition coefficient (Wildman–Crippen LogP) is 3.49. The van der Waals surface area contributed by atoms with Gasteiger partial charge in [-0.15, -0.1) is 0 Å². The first-order valence-electron chi connectivity index (χ1n) is 8.54. The second kappa shape index (κ2) is 7.83. The van der Waals surface area contributed by atoms with E-state index in [0.29, 0.717) is 13.2 Å². The number of amides is 1. The molecule has 5 nitrogen and oxygen atoms in total.